The van der Waals surface area contributed by atoms with E-state index >= 15 is 0 Å². The third-order valence-corrected chi connectivity index (χ3v) is 4.76. The predicted octanol–water partition coefficient (Wildman–Crippen LogP) is 2.92. The highest BCUT2D eigenvalue weighted by Gasteiger charge is 2.29. The Labute approximate surface area is 141 Å². The van der Waals surface area contributed by atoms with E-state index in [4.69, 9.17) is 4.74 Å². The van der Waals surface area contributed by atoms with Gasteiger partial charge in [-0.25, -0.2) is 4.98 Å². The summed E-state index contributed by atoms with van der Waals surface area (Å²) < 4.78 is 5.39. The van der Waals surface area contributed by atoms with Crippen molar-refractivity contribution in [3.63, 3.8) is 0 Å². The molecule has 0 bridgehead atoms. The summed E-state index contributed by atoms with van der Waals surface area (Å²) in [5.41, 5.74) is -0.224. The summed E-state index contributed by atoms with van der Waals surface area (Å²) in [5.74, 6) is 0.731. The second-order valence-electron chi connectivity index (χ2n) is 6.77. The maximum Gasteiger partial charge on any atom is 0.329 e. The molecule has 3 rings (SSSR count). The molecule has 1 radical (unpaired) electrons. The Morgan fingerprint density at radius 1 is 1.33 bits per heavy atom. The van der Waals surface area contributed by atoms with E-state index in [1.165, 1.54) is 6.20 Å². The Bertz CT molecular complexity index is 583. The van der Waals surface area contributed by atoms with Crippen LogP contribution < -0.4 is 10.6 Å². The summed E-state index contributed by atoms with van der Waals surface area (Å²) in [5, 5.41) is 17.8. The number of ether oxygens (including phenoxy) is 1. The monoisotopic (exact) mass is 334 g/mol. The lowest BCUT2D eigenvalue weighted by molar-refractivity contribution is -0.384. The molecule has 1 saturated heterocycles. The van der Waals surface area contributed by atoms with Crippen LogP contribution in [0.25, 0.3) is 0 Å². The Morgan fingerprint density at radius 3 is 2.71 bits per heavy atom. The van der Waals surface area contributed by atoms with Crippen LogP contribution in [0.2, 0.25) is 0 Å². The fourth-order valence-electron chi connectivity index (χ4n) is 3.16. The van der Waals surface area contributed by atoms with Crippen molar-refractivity contribution in [2.45, 2.75) is 57.0 Å². The Kier molecular flexibility index (Phi) is 5.13. The molecule has 0 spiro atoms. The van der Waals surface area contributed by atoms with Gasteiger partial charge in [0.2, 0.25) is 11.8 Å². The number of hydrogen-bond donors (Lipinski definition) is 2. The highest BCUT2D eigenvalue weighted by atomic mass is 16.6. The van der Waals surface area contributed by atoms with E-state index in [0.29, 0.717) is 25.0 Å². The summed E-state index contributed by atoms with van der Waals surface area (Å²) in [6.07, 6.45) is 9.25. The van der Waals surface area contributed by atoms with Crippen LogP contribution in [-0.2, 0) is 4.74 Å². The summed E-state index contributed by atoms with van der Waals surface area (Å²) in [7, 11) is 0. The van der Waals surface area contributed by atoms with Gasteiger partial charge in [0.05, 0.1) is 4.92 Å². The topological polar surface area (TPSA) is 102 Å². The standard InChI is InChI=1S/C16H24N5O3/c1-16(7-9-24-10-8-16)20-15-17-11-13(21(22)23)14(19-15)18-12-5-3-2-4-6-12/h2,11-12H,3-10H2,1H3,(H2,17,18,19,20). The van der Waals surface area contributed by atoms with Crippen molar-refractivity contribution in [2.75, 3.05) is 23.8 Å². The summed E-state index contributed by atoms with van der Waals surface area (Å²) in [4.78, 5) is 19.4. The molecule has 1 saturated carbocycles. The number of aromatic nitrogens is 2. The molecule has 0 unspecified atom stereocenters. The zero-order chi connectivity index (χ0) is 17.0. The van der Waals surface area contributed by atoms with Crippen LogP contribution in [-0.4, -0.2) is 39.7 Å². The quantitative estimate of drug-likeness (QED) is 0.630. The third-order valence-electron chi connectivity index (χ3n) is 4.76. The van der Waals surface area contributed by atoms with E-state index < -0.39 is 4.92 Å². The van der Waals surface area contributed by atoms with Crippen molar-refractivity contribution < 1.29 is 9.66 Å². The van der Waals surface area contributed by atoms with Crippen molar-refractivity contribution >= 4 is 17.5 Å². The first-order chi connectivity index (χ1) is 11.6. The van der Waals surface area contributed by atoms with Crippen LogP contribution in [0.5, 0.6) is 0 Å². The Hall–Kier alpha value is -1.96. The van der Waals surface area contributed by atoms with Gasteiger partial charge < -0.3 is 15.4 Å². The van der Waals surface area contributed by atoms with Crippen LogP contribution in [0.3, 0.4) is 0 Å². The number of anilines is 2. The highest BCUT2D eigenvalue weighted by molar-refractivity contribution is 5.57. The van der Waals surface area contributed by atoms with Gasteiger partial charge in [0, 0.05) is 24.8 Å². The first-order valence-electron chi connectivity index (χ1n) is 8.51. The van der Waals surface area contributed by atoms with Gasteiger partial charge in [0.1, 0.15) is 6.20 Å². The van der Waals surface area contributed by atoms with E-state index in [1.807, 2.05) is 0 Å². The molecular weight excluding hydrogens is 310 g/mol. The van der Waals surface area contributed by atoms with E-state index in [0.717, 1.165) is 38.5 Å². The van der Waals surface area contributed by atoms with Gasteiger partial charge in [-0.15, -0.1) is 0 Å². The Balaban J connectivity index is 1.78. The minimum atomic E-state index is -0.433. The molecule has 8 heteroatoms. The molecule has 2 heterocycles. The lowest BCUT2D eigenvalue weighted by Gasteiger charge is -2.34. The van der Waals surface area contributed by atoms with Gasteiger partial charge in [-0.3, -0.25) is 10.1 Å². The van der Waals surface area contributed by atoms with E-state index in [9.17, 15) is 10.1 Å². The molecule has 8 nitrogen and oxygen atoms in total. The van der Waals surface area contributed by atoms with Crippen LogP contribution in [0, 0.1) is 16.5 Å². The molecule has 2 aliphatic rings. The SMILES string of the molecule is CC1(Nc2ncc([N+](=O)[O-])c(NC3CC[CH]CC3)n2)CCOCC1. The first kappa shape index (κ1) is 16.9. The second-order valence-corrected chi connectivity index (χ2v) is 6.77. The summed E-state index contributed by atoms with van der Waals surface area (Å²) in [6, 6.07) is 0.218. The van der Waals surface area contributed by atoms with Gasteiger partial charge in [-0.05, 0) is 51.9 Å². The van der Waals surface area contributed by atoms with Crippen molar-refractivity contribution in [2.24, 2.45) is 0 Å². The predicted molar refractivity (Wildman–Crippen MR) is 90.9 cm³/mol. The van der Waals surface area contributed by atoms with Gasteiger partial charge in [-0.2, -0.15) is 4.98 Å². The highest BCUT2D eigenvalue weighted by Crippen LogP contribution is 2.29. The fourth-order valence-corrected chi connectivity index (χ4v) is 3.16. The number of nitrogens with one attached hydrogen (secondary N) is 2. The van der Waals surface area contributed by atoms with Crippen molar-refractivity contribution in [3.8, 4) is 0 Å². The number of hydrogen-bond acceptors (Lipinski definition) is 7. The molecule has 1 aliphatic heterocycles. The van der Waals surface area contributed by atoms with Gasteiger partial charge >= 0.3 is 5.69 Å². The molecule has 131 valence electrons. The number of nitro groups is 1. The molecule has 2 fully saturated rings. The molecule has 0 amide bonds. The van der Waals surface area contributed by atoms with Crippen LogP contribution in [0.4, 0.5) is 17.5 Å². The molecule has 2 N–H and O–H groups in total. The Morgan fingerprint density at radius 2 is 2.04 bits per heavy atom. The molecule has 0 aromatic carbocycles. The van der Waals surface area contributed by atoms with Crippen LogP contribution in [0.15, 0.2) is 6.20 Å². The molecular formula is C16H24N5O3. The largest absolute Gasteiger partial charge is 0.381 e. The summed E-state index contributed by atoms with van der Waals surface area (Å²) >= 11 is 0. The van der Waals surface area contributed by atoms with E-state index in [-0.39, 0.29) is 17.3 Å². The molecule has 1 aliphatic carbocycles. The summed E-state index contributed by atoms with van der Waals surface area (Å²) in [6.45, 7) is 3.49. The fraction of sp³-hybridized carbons (Fsp3) is 0.688. The maximum atomic E-state index is 11.3. The van der Waals surface area contributed by atoms with E-state index in [1.54, 1.807) is 0 Å². The minimum Gasteiger partial charge on any atom is -0.381 e. The molecule has 1 aromatic rings. The van der Waals surface area contributed by atoms with Crippen molar-refractivity contribution in [1.82, 2.24) is 9.97 Å². The second kappa shape index (κ2) is 7.29. The molecule has 24 heavy (non-hydrogen) atoms. The minimum absolute atomic E-state index is 0.0766. The zero-order valence-corrected chi connectivity index (χ0v) is 14.0. The van der Waals surface area contributed by atoms with Crippen LogP contribution >= 0.6 is 0 Å². The van der Waals surface area contributed by atoms with E-state index in [2.05, 4.69) is 33.9 Å². The number of rotatable bonds is 5. The lowest BCUT2D eigenvalue weighted by Crippen LogP contribution is -2.41. The first-order valence-corrected chi connectivity index (χ1v) is 8.51. The van der Waals surface area contributed by atoms with Crippen LogP contribution in [0.1, 0.15) is 45.4 Å². The zero-order valence-electron chi connectivity index (χ0n) is 14.0. The van der Waals surface area contributed by atoms with Gasteiger partial charge in [0.25, 0.3) is 0 Å². The normalized spacial score (nSPS) is 21.2. The number of nitrogens with zero attached hydrogens (tertiary/aromatic N) is 3. The van der Waals surface area contributed by atoms with Gasteiger partial charge in [-0.1, -0.05) is 0 Å². The van der Waals surface area contributed by atoms with Crippen molar-refractivity contribution in [3.05, 3.63) is 22.7 Å². The van der Waals surface area contributed by atoms with Crippen molar-refractivity contribution in [1.29, 1.82) is 0 Å². The average Bonchev–Trinajstić information content (AvgIpc) is 2.56. The van der Waals surface area contributed by atoms with Gasteiger partial charge in [0.15, 0.2) is 0 Å². The maximum absolute atomic E-state index is 11.3. The smallest absolute Gasteiger partial charge is 0.329 e. The third kappa shape index (κ3) is 4.11. The molecule has 0 atom stereocenters. The molecule has 1 aromatic heterocycles. The average molecular weight is 334 g/mol. The lowest BCUT2D eigenvalue weighted by atomic mass is 9.93.